The highest BCUT2D eigenvalue weighted by Crippen LogP contribution is 2.50. The highest BCUT2D eigenvalue weighted by Gasteiger charge is 2.52. The Kier molecular flexibility index (Phi) is 3.05. The summed E-state index contributed by atoms with van der Waals surface area (Å²) in [6, 6.07) is 5.17. The summed E-state index contributed by atoms with van der Waals surface area (Å²) in [5, 5.41) is 18.6. The highest BCUT2D eigenvalue weighted by molar-refractivity contribution is 6.05. The number of carboxylic acid groups (broad SMARTS) is 1. The number of benzene rings is 1. The van der Waals surface area contributed by atoms with Crippen molar-refractivity contribution in [2.24, 2.45) is 5.92 Å². The average Bonchev–Trinajstić information content (AvgIpc) is 2.93. The lowest BCUT2D eigenvalue weighted by atomic mass is 9.97. The molecule has 108 valence electrons. The first-order valence-electron chi connectivity index (χ1n) is 6.72. The normalized spacial score (nSPS) is 25.0. The minimum atomic E-state index is -1.28. The van der Waals surface area contributed by atoms with Crippen molar-refractivity contribution in [1.82, 2.24) is 4.90 Å². The Morgan fingerprint density at radius 1 is 1.48 bits per heavy atom. The molecular formula is C16H15NO4. The van der Waals surface area contributed by atoms with Crippen molar-refractivity contribution >= 4 is 12.0 Å². The third-order valence-corrected chi connectivity index (χ3v) is 4.29. The van der Waals surface area contributed by atoms with Crippen LogP contribution in [0.1, 0.15) is 22.7 Å². The van der Waals surface area contributed by atoms with Gasteiger partial charge in [-0.15, -0.1) is 6.58 Å². The van der Waals surface area contributed by atoms with E-state index >= 15 is 0 Å². The van der Waals surface area contributed by atoms with E-state index < -0.39 is 18.0 Å². The summed E-state index contributed by atoms with van der Waals surface area (Å²) in [4.78, 5) is 24.4. The van der Waals surface area contributed by atoms with Gasteiger partial charge in [0.1, 0.15) is 0 Å². The van der Waals surface area contributed by atoms with Gasteiger partial charge >= 0.3 is 6.09 Å². The Labute approximate surface area is 121 Å². The fourth-order valence-electron chi connectivity index (χ4n) is 3.46. The first-order valence-corrected chi connectivity index (χ1v) is 6.72. The Morgan fingerprint density at radius 2 is 2.24 bits per heavy atom. The molecule has 1 aliphatic carbocycles. The van der Waals surface area contributed by atoms with Crippen molar-refractivity contribution < 1.29 is 19.8 Å². The van der Waals surface area contributed by atoms with Crippen LogP contribution in [-0.4, -0.2) is 27.1 Å². The van der Waals surface area contributed by atoms with E-state index in [0.29, 0.717) is 12.8 Å². The summed E-state index contributed by atoms with van der Waals surface area (Å²) in [5.41, 5.74) is 3.17. The molecule has 2 aliphatic rings. The van der Waals surface area contributed by atoms with E-state index in [1.54, 1.807) is 6.08 Å². The SMILES string of the molecule is C=CCc1cccc2c1CC1/C(=C/O)C(=O)N(C(=O)O)C21. The van der Waals surface area contributed by atoms with Crippen LogP contribution in [0.15, 0.2) is 42.7 Å². The summed E-state index contributed by atoms with van der Waals surface area (Å²) in [6.07, 6.45) is 2.52. The van der Waals surface area contributed by atoms with Gasteiger partial charge in [-0.25, -0.2) is 9.69 Å². The summed E-state index contributed by atoms with van der Waals surface area (Å²) >= 11 is 0. The first-order chi connectivity index (χ1) is 10.1. The van der Waals surface area contributed by atoms with Gasteiger partial charge < -0.3 is 10.2 Å². The number of imide groups is 1. The summed E-state index contributed by atoms with van der Waals surface area (Å²) in [7, 11) is 0. The Balaban J connectivity index is 2.14. The second kappa shape index (κ2) is 4.77. The smallest absolute Gasteiger partial charge is 0.414 e. The number of fused-ring (bicyclic) bond motifs is 3. The fraction of sp³-hybridized carbons (Fsp3) is 0.250. The Morgan fingerprint density at radius 3 is 2.86 bits per heavy atom. The number of carbonyl (C=O) groups excluding carboxylic acids is 1. The zero-order chi connectivity index (χ0) is 15.1. The maximum absolute atomic E-state index is 12.1. The third-order valence-electron chi connectivity index (χ3n) is 4.29. The average molecular weight is 285 g/mol. The van der Waals surface area contributed by atoms with Gasteiger partial charge in [-0.1, -0.05) is 24.3 Å². The van der Waals surface area contributed by atoms with E-state index in [1.165, 1.54) is 0 Å². The van der Waals surface area contributed by atoms with Crippen LogP contribution < -0.4 is 0 Å². The molecular weight excluding hydrogens is 270 g/mol. The van der Waals surface area contributed by atoms with Crippen LogP contribution in [-0.2, 0) is 17.6 Å². The molecule has 1 heterocycles. The van der Waals surface area contributed by atoms with E-state index in [4.69, 9.17) is 0 Å². The van der Waals surface area contributed by atoms with Crippen molar-refractivity contribution in [1.29, 1.82) is 0 Å². The number of rotatable bonds is 2. The van der Waals surface area contributed by atoms with Crippen LogP contribution in [0.2, 0.25) is 0 Å². The predicted octanol–water partition coefficient (Wildman–Crippen LogP) is 2.59. The summed E-state index contributed by atoms with van der Waals surface area (Å²) in [5.74, 6) is -0.931. The van der Waals surface area contributed by atoms with Crippen LogP contribution in [0.3, 0.4) is 0 Å². The van der Waals surface area contributed by atoms with Crippen molar-refractivity contribution in [3.05, 3.63) is 59.4 Å². The largest absolute Gasteiger partial charge is 0.515 e. The minimum Gasteiger partial charge on any atom is -0.515 e. The van der Waals surface area contributed by atoms with Gasteiger partial charge in [0.2, 0.25) is 0 Å². The molecule has 21 heavy (non-hydrogen) atoms. The second-order valence-electron chi connectivity index (χ2n) is 5.28. The number of likely N-dealkylation sites (tertiary alicyclic amines) is 1. The number of aliphatic hydroxyl groups excluding tert-OH is 1. The molecule has 1 aromatic carbocycles. The number of hydrogen-bond donors (Lipinski definition) is 2. The number of nitrogens with zero attached hydrogens (tertiary/aromatic N) is 1. The van der Waals surface area contributed by atoms with Gasteiger partial charge in [0, 0.05) is 5.92 Å². The number of carbonyl (C=O) groups is 2. The number of amides is 2. The zero-order valence-corrected chi connectivity index (χ0v) is 11.3. The molecule has 0 aromatic heterocycles. The molecule has 0 saturated carbocycles. The van der Waals surface area contributed by atoms with Crippen LogP contribution in [0.4, 0.5) is 4.79 Å². The molecule has 1 aliphatic heterocycles. The van der Waals surface area contributed by atoms with Gasteiger partial charge in [0.05, 0.1) is 17.9 Å². The lowest BCUT2D eigenvalue weighted by Gasteiger charge is -2.19. The Hall–Kier alpha value is -2.56. The van der Waals surface area contributed by atoms with E-state index in [-0.39, 0.29) is 11.5 Å². The molecule has 2 unspecified atom stereocenters. The number of hydrogen-bond acceptors (Lipinski definition) is 3. The lowest BCUT2D eigenvalue weighted by Crippen LogP contribution is -2.33. The number of allylic oxidation sites excluding steroid dienone is 1. The quantitative estimate of drug-likeness (QED) is 0.497. The first kappa shape index (κ1) is 13.4. The molecule has 3 rings (SSSR count). The third kappa shape index (κ3) is 1.77. The highest BCUT2D eigenvalue weighted by atomic mass is 16.4. The monoisotopic (exact) mass is 285 g/mol. The maximum atomic E-state index is 12.1. The maximum Gasteiger partial charge on any atom is 0.414 e. The van der Waals surface area contributed by atoms with Gasteiger partial charge in [-0.2, -0.15) is 0 Å². The Bertz CT molecular complexity index is 677. The minimum absolute atomic E-state index is 0.170. The second-order valence-corrected chi connectivity index (χ2v) is 5.28. The predicted molar refractivity (Wildman–Crippen MR) is 75.9 cm³/mol. The molecule has 0 spiro atoms. The van der Waals surface area contributed by atoms with E-state index in [9.17, 15) is 19.8 Å². The molecule has 0 radical (unpaired) electrons. The van der Waals surface area contributed by atoms with Gasteiger partial charge in [-0.05, 0) is 29.5 Å². The molecule has 2 atom stereocenters. The van der Waals surface area contributed by atoms with Crippen molar-refractivity contribution in [2.75, 3.05) is 0 Å². The van der Waals surface area contributed by atoms with Crippen LogP contribution >= 0.6 is 0 Å². The van der Waals surface area contributed by atoms with Crippen molar-refractivity contribution in [2.45, 2.75) is 18.9 Å². The molecule has 2 N–H and O–H groups in total. The zero-order valence-electron chi connectivity index (χ0n) is 11.3. The fourth-order valence-corrected chi connectivity index (χ4v) is 3.46. The van der Waals surface area contributed by atoms with E-state index in [2.05, 4.69) is 6.58 Å². The van der Waals surface area contributed by atoms with Crippen LogP contribution in [0.25, 0.3) is 0 Å². The topological polar surface area (TPSA) is 77.8 Å². The molecule has 0 bridgehead atoms. The molecule has 5 heteroatoms. The van der Waals surface area contributed by atoms with Gasteiger partial charge in [0.25, 0.3) is 5.91 Å². The van der Waals surface area contributed by atoms with E-state index in [0.717, 1.165) is 27.9 Å². The number of aliphatic hydroxyl groups is 1. The van der Waals surface area contributed by atoms with Crippen molar-refractivity contribution in [3.63, 3.8) is 0 Å². The molecule has 2 amide bonds. The molecule has 1 saturated heterocycles. The molecule has 5 nitrogen and oxygen atoms in total. The lowest BCUT2D eigenvalue weighted by molar-refractivity contribution is -0.124. The van der Waals surface area contributed by atoms with Gasteiger partial charge in [0.15, 0.2) is 0 Å². The summed E-state index contributed by atoms with van der Waals surface area (Å²) < 4.78 is 0. The van der Waals surface area contributed by atoms with Crippen molar-refractivity contribution in [3.8, 4) is 0 Å². The van der Waals surface area contributed by atoms with Gasteiger partial charge in [-0.3, -0.25) is 4.79 Å². The molecule has 1 aromatic rings. The van der Waals surface area contributed by atoms with E-state index in [1.807, 2.05) is 18.2 Å². The standard InChI is InChI=1S/C16H15NO4/c1-2-4-9-5-3-6-10-11(9)7-12-13(8-18)15(19)17(14(10)12)16(20)21/h2-3,5-6,8,12,14,18H,1,4,7H2,(H,20,21)/b13-8-. The van der Waals surface area contributed by atoms with Crippen LogP contribution in [0, 0.1) is 5.92 Å². The molecule has 1 fully saturated rings. The summed E-state index contributed by atoms with van der Waals surface area (Å²) in [6.45, 7) is 3.73. The van der Waals surface area contributed by atoms with Crippen LogP contribution in [0.5, 0.6) is 0 Å².